The highest BCUT2D eigenvalue weighted by atomic mass is 19.1. The zero-order valence-electron chi connectivity index (χ0n) is 12.2. The van der Waals surface area contributed by atoms with E-state index in [-0.39, 0.29) is 12.4 Å². The van der Waals surface area contributed by atoms with Gasteiger partial charge in [-0.1, -0.05) is 24.8 Å². The smallest absolute Gasteiger partial charge is 0.138 e. The number of aliphatic hydroxyl groups is 1. The molecule has 1 rings (SSSR count). The summed E-state index contributed by atoms with van der Waals surface area (Å²) in [6.45, 7) is 7.69. The predicted molar refractivity (Wildman–Crippen MR) is 77.8 cm³/mol. The summed E-state index contributed by atoms with van der Waals surface area (Å²) in [7, 11) is 0. The number of likely N-dealkylation sites (N-methyl/N-ethyl adjacent to an activating group) is 1. The Bertz CT molecular complexity index is 465. The van der Waals surface area contributed by atoms with Gasteiger partial charge in [0, 0.05) is 19.7 Å². The van der Waals surface area contributed by atoms with Crippen molar-refractivity contribution in [3.8, 4) is 11.8 Å². The molecule has 0 saturated heterocycles. The van der Waals surface area contributed by atoms with Crippen LogP contribution in [-0.2, 0) is 11.3 Å². The third kappa shape index (κ3) is 5.70. The number of rotatable bonds is 7. The van der Waals surface area contributed by atoms with Gasteiger partial charge in [-0.25, -0.2) is 4.39 Å². The Balaban J connectivity index is 2.70. The molecule has 110 valence electrons. The van der Waals surface area contributed by atoms with Gasteiger partial charge in [-0.3, -0.25) is 4.90 Å². The van der Waals surface area contributed by atoms with Crippen LogP contribution in [0.4, 0.5) is 4.39 Å². The van der Waals surface area contributed by atoms with Crippen molar-refractivity contribution in [2.75, 3.05) is 32.9 Å². The molecule has 0 spiro atoms. The lowest BCUT2D eigenvalue weighted by atomic mass is 10.1. The van der Waals surface area contributed by atoms with E-state index >= 15 is 0 Å². The number of ether oxygens (including phenoxy) is 1. The minimum atomic E-state index is -0.355. The molecule has 4 heteroatoms. The van der Waals surface area contributed by atoms with Crippen molar-refractivity contribution in [1.82, 2.24) is 4.90 Å². The van der Waals surface area contributed by atoms with Crippen molar-refractivity contribution < 1.29 is 14.2 Å². The molecule has 3 nitrogen and oxygen atoms in total. The minimum Gasteiger partial charge on any atom is -0.384 e. The molecule has 0 aliphatic carbocycles. The fourth-order valence-corrected chi connectivity index (χ4v) is 1.85. The Labute approximate surface area is 120 Å². The Hall–Kier alpha value is -1.41. The normalized spacial score (nSPS) is 10.4. The molecule has 1 aromatic rings. The van der Waals surface area contributed by atoms with Gasteiger partial charge in [-0.05, 0) is 31.2 Å². The van der Waals surface area contributed by atoms with Gasteiger partial charge < -0.3 is 9.84 Å². The van der Waals surface area contributed by atoms with Crippen LogP contribution in [0.2, 0.25) is 0 Å². The van der Waals surface area contributed by atoms with Gasteiger partial charge in [0.15, 0.2) is 0 Å². The maximum atomic E-state index is 13.5. The summed E-state index contributed by atoms with van der Waals surface area (Å²) in [6.07, 6.45) is 0. The number of hydrogen-bond donors (Lipinski definition) is 1. The van der Waals surface area contributed by atoms with E-state index in [9.17, 15) is 4.39 Å². The van der Waals surface area contributed by atoms with Gasteiger partial charge in [0.25, 0.3) is 0 Å². The van der Waals surface area contributed by atoms with Crippen molar-refractivity contribution in [2.24, 2.45) is 0 Å². The molecular formula is C16H22FNO2. The molecule has 20 heavy (non-hydrogen) atoms. The van der Waals surface area contributed by atoms with E-state index in [1.165, 1.54) is 6.07 Å². The lowest BCUT2D eigenvalue weighted by Gasteiger charge is -2.20. The third-order valence-electron chi connectivity index (χ3n) is 2.94. The van der Waals surface area contributed by atoms with E-state index in [0.717, 1.165) is 31.8 Å². The molecule has 0 amide bonds. The van der Waals surface area contributed by atoms with E-state index in [0.29, 0.717) is 12.2 Å². The first-order valence-electron chi connectivity index (χ1n) is 6.89. The zero-order chi connectivity index (χ0) is 14.8. The highest BCUT2D eigenvalue weighted by molar-refractivity contribution is 5.38. The first-order valence-corrected chi connectivity index (χ1v) is 6.89. The summed E-state index contributed by atoms with van der Waals surface area (Å²) >= 11 is 0. The monoisotopic (exact) mass is 279 g/mol. The highest BCUT2D eigenvalue weighted by Crippen LogP contribution is 2.11. The van der Waals surface area contributed by atoms with Crippen LogP contribution in [0.3, 0.4) is 0 Å². The fourth-order valence-electron chi connectivity index (χ4n) is 1.85. The lowest BCUT2D eigenvalue weighted by Crippen LogP contribution is -2.27. The number of hydrogen-bond acceptors (Lipinski definition) is 3. The predicted octanol–water partition coefficient (Wildman–Crippen LogP) is 2.03. The molecule has 1 N–H and O–H groups in total. The Kier molecular flexibility index (Phi) is 7.89. The first-order chi connectivity index (χ1) is 9.71. The lowest BCUT2D eigenvalue weighted by molar-refractivity contribution is 0.113. The minimum absolute atomic E-state index is 0.265. The molecule has 0 aliphatic rings. The Morgan fingerprint density at radius 1 is 1.35 bits per heavy atom. The van der Waals surface area contributed by atoms with Crippen LogP contribution in [0.1, 0.15) is 25.0 Å². The molecule has 1 aromatic carbocycles. The zero-order valence-corrected chi connectivity index (χ0v) is 12.2. The van der Waals surface area contributed by atoms with Crippen LogP contribution in [0.15, 0.2) is 18.2 Å². The van der Waals surface area contributed by atoms with Crippen LogP contribution in [0.5, 0.6) is 0 Å². The second-order valence-corrected chi connectivity index (χ2v) is 4.34. The fraction of sp³-hybridized carbons (Fsp3) is 0.500. The van der Waals surface area contributed by atoms with Crippen LogP contribution in [-0.4, -0.2) is 42.9 Å². The van der Waals surface area contributed by atoms with Gasteiger partial charge in [0.1, 0.15) is 12.4 Å². The van der Waals surface area contributed by atoms with Gasteiger partial charge in [0.05, 0.1) is 12.2 Å². The summed E-state index contributed by atoms with van der Waals surface area (Å²) in [6, 6.07) is 4.93. The second kappa shape index (κ2) is 9.49. The van der Waals surface area contributed by atoms with E-state index in [1.54, 1.807) is 12.1 Å². The van der Waals surface area contributed by atoms with Gasteiger partial charge in [0.2, 0.25) is 0 Å². The summed E-state index contributed by atoms with van der Waals surface area (Å²) in [5.74, 6) is 4.75. The topological polar surface area (TPSA) is 32.7 Å². The maximum Gasteiger partial charge on any atom is 0.138 e. The molecule has 0 aliphatic heterocycles. The Morgan fingerprint density at radius 3 is 2.80 bits per heavy atom. The molecule has 0 bridgehead atoms. The average Bonchev–Trinajstić information content (AvgIpc) is 2.46. The molecule has 0 heterocycles. The summed E-state index contributed by atoms with van der Waals surface area (Å²) in [5, 5.41) is 8.67. The summed E-state index contributed by atoms with van der Waals surface area (Å²) in [4.78, 5) is 2.23. The largest absolute Gasteiger partial charge is 0.384 e. The third-order valence-corrected chi connectivity index (χ3v) is 2.94. The SMILES string of the molecule is CCOCCN(CC)Cc1ccc(F)c(C#CCO)c1. The molecule has 0 saturated carbocycles. The van der Waals surface area contributed by atoms with E-state index in [2.05, 4.69) is 23.7 Å². The number of benzene rings is 1. The molecule has 0 radical (unpaired) electrons. The van der Waals surface area contributed by atoms with E-state index in [1.807, 2.05) is 6.92 Å². The van der Waals surface area contributed by atoms with Crippen LogP contribution in [0, 0.1) is 17.7 Å². The molecule has 0 atom stereocenters. The molecular weight excluding hydrogens is 257 g/mol. The molecule has 0 unspecified atom stereocenters. The van der Waals surface area contributed by atoms with Crippen LogP contribution in [0.25, 0.3) is 0 Å². The number of halogens is 1. The highest BCUT2D eigenvalue weighted by Gasteiger charge is 2.06. The van der Waals surface area contributed by atoms with Gasteiger partial charge in [-0.2, -0.15) is 0 Å². The summed E-state index contributed by atoms with van der Waals surface area (Å²) < 4.78 is 18.9. The summed E-state index contributed by atoms with van der Waals surface area (Å²) in [5.41, 5.74) is 1.34. The first kappa shape index (κ1) is 16.6. The standard InChI is InChI=1S/C16H22FNO2/c1-3-18(9-11-20-4-2)13-14-7-8-16(17)15(12-14)6-5-10-19/h7-8,12,19H,3-4,9-11,13H2,1-2H3. The number of nitrogens with zero attached hydrogens (tertiary/aromatic N) is 1. The molecule has 0 aromatic heterocycles. The average molecular weight is 279 g/mol. The van der Waals surface area contributed by atoms with Crippen LogP contribution >= 0.6 is 0 Å². The second-order valence-electron chi connectivity index (χ2n) is 4.34. The van der Waals surface area contributed by atoms with E-state index in [4.69, 9.17) is 9.84 Å². The quantitative estimate of drug-likeness (QED) is 0.612. The Morgan fingerprint density at radius 2 is 2.15 bits per heavy atom. The van der Waals surface area contributed by atoms with Crippen molar-refractivity contribution >= 4 is 0 Å². The van der Waals surface area contributed by atoms with Crippen molar-refractivity contribution in [2.45, 2.75) is 20.4 Å². The number of aliphatic hydroxyl groups excluding tert-OH is 1. The van der Waals surface area contributed by atoms with Crippen molar-refractivity contribution in [3.05, 3.63) is 35.1 Å². The van der Waals surface area contributed by atoms with Gasteiger partial charge >= 0.3 is 0 Å². The van der Waals surface area contributed by atoms with Crippen molar-refractivity contribution in [1.29, 1.82) is 0 Å². The van der Waals surface area contributed by atoms with Gasteiger partial charge in [-0.15, -0.1) is 0 Å². The van der Waals surface area contributed by atoms with E-state index < -0.39 is 0 Å². The van der Waals surface area contributed by atoms with Crippen molar-refractivity contribution in [3.63, 3.8) is 0 Å². The maximum absolute atomic E-state index is 13.5. The van der Waals surface area contributed by atoms with Crippen LogP contribution < -0.4 is 0 Å². The molecule has 0 fully saturated rings.